The molecule has 0 fully saturated rings. The van der Waals surface area contributed by atoms with Gasteiger partial charge in [0.1, 0.15) is 5.60 Å². The molecule has 4 nitrogen and oxygen atoms in total. The number of nitrogens with one attached hydrogen (secondary N) is 1. The average Bonchev–Trinajstić information content (AvgIpc) is 2.53. The molecule has 5 heteroatoms. The summed E-state index contributed by atoms with van der Waals surface area (Å²) in [6, 6.07) is 8.74. The molecule has 22 heavy (non-hydrogen) atoms. The van der Waals surface area contributed by atoms with Crippen LogP contribution in [0.5, 0.6) is 0 Å². The number of amides is 1. The Morgan fingerprint density at radius 2 is 2.09 bits per heavy atom. The molecule has 1 amide bonds. The number of carbonyl (C=O) groups excluding carboxylic acids is 1. The summed E-state index contributed by atoms with van der Waals surface area (Å²) in [5.41, 5.74) is 0.792. The van der Waals surface area contributed by atoms with Crippen molar-refractivity contribution in [2.75, 3.05) is 6.54 Å². The number of hydrogen-bond acceptors (Lipinski definition) is 3. The molecule has 0 unspecified atom stereocenters. The largest absolute Gasteiger partial charge is 0.384 e. The van der Waals surface area contributed by atoms with Gasteiger partial charge in [-0.2, -0.15) is 0 Å². The number of pyridine rings is 1. The third-order valence-corrected chi connectivity index (χ3v) is 3.91. The van der Waals surface area contributed by atoms with Crippen molar-refractivity contribution in [3.8, 4) is 0 Å². The van der Waals surface area contributed by atoms with Crippen molar-refractivity contribution >= 4 is 17.5 Å². The highest BCUT2D eigenvalue weighted by molar-refractivity contribution is 6.31. The SMILES string of the molecule is CCc1cnccc1C(=O)NC[C@@](C)(O)c1ccccc1Cl. The van der Waals surface area contributed by atoms with E-state index in [0.717, 1.165) is 12.0 Å². The number of hydrogen-bond donors (Lipinski definition) is 2. The van der Waals surface area contributed by atoms with Crippen LogP contribution in [0.3, 0.4) is 0 Å². The number of rotatable bonds is 5. The zero-order chi connectivity index (χ0) is 16.2. The molecule has 2 aromatic rings. The number of halogens is 1. The predicted octanol–water partition coefficient (Wildman–Crippen LogP) is 2.93. The van der Waals surface area contributed by atoms with Crippen molar-refractivity contribution < 1.29 is 9.90 Å². The lowest BCUT2D eigenvalue weighted by Crippen LogP contribution is -2.39. The molecule has 0 radical (unpaired) electrons. The van der Waals surface area contributed by atoms with E-state index in [9.17, 15) is 9.90 Å². The summed E-state index contributed by atoms with van der Waals surface area (Å²) in [7, 11) is 0. The van der Waals surface area contributed by atoms with Crippen molar-refractivity contribution in [2.45, 2.75) is 25.9 Å². The Bertz CT molecular complexity index is 671. The Hall–Kier alpha value is -1.91. The topological polar surface area (TPSA) is 62.2 Å². The smallest absolute Gasteiger partial charge is 0.251 e. The van der Waals surface area contributed by atoms with Gasteiger partial charge in [0, 0.05) is 28.5 Å². The van der Waals surface area contributed by atoms with Crippen molar-refractivity contribution in [1.82, 2.24) is 10.3 Å². The first-order chi connectivity index (χ1) is 10.5. The monoisotopic (exact) mass is 318 g/mol. The fourth-order valence-corrected chi connectivity index (χ4v) is 2.61. The summed E-state index contributed by atoms with van der Waals surface area (Å²) in [6.07, 6.45) is 3.99. The fraction of sp³-hybridized carbons (Fsp3) is 0.294. The maximum atomic E-state index is 12.3. The standard InChI is InChI=1S/C17H19ClN2O2/c1-3-12-10-19-9-8-13(12)16(21)20-11-17(2,22)14-6-4-5-7-15(14)18/h4-10,22H,3,11H2,1-2H3,(H,20,21)/t17-/m1/s1. The quantitative estimate of drug-likeness (QED) is 0.891. The molecular formula is C17H19ClN2O2. The molecule has 1 atom stereocenters. The second kappa shape index (κ2) is 6.90. The minimum absolute atomic E-state index is 0.0705. The third kappa shape index (κ3) is 3.64. The second-order valence-electron chi connectivity index (χ2n) is 5.32. The van der Waals surface area contributed by atoms with E-state index in [1.165, 1.54) is 0 Å². The van der Waals surface area contributed by atoms with E-state index in [1.807, 2.05) is 6.92 Å². The molecule has 2 N–H and O–H groups in total. The Morgan fingerprint density at radius 3 is 2.77 bits per heavy atom. The lowest BCUT2D eigenvalue weighted by Gasteiger charge is -2.25. The Balaban J connectivity index is 2.12. The number of aliphatic hydroxyl groups is 1. The zero-order valence-electron chi connectivity index (χ0n) is 12.6. The van der Waals surface area contributed by atoms with Gasteiger partial charge in [-0.25, -0.2) is 0 Å². The lowest BCUT2D eigenvalue weighted by molar-refractivity contribution is 0.0527. The van der Waals surface area contributed by atoms with Gasteiger partial charge in [0.25, 0.3) is 5.91 Å². The van der Waals surface area contributed by atoms with Gasteiger partial charge in [0.15, 0.2) is 0 Å². The van der Waals surface area contributed by atoms with Crippen molar-refractivity contribution in [3.63, 3.8) is 0 Å². The number of aryl methyl sites for hydroxylation is 1. The number of benzene rings is 1. The number of aromatic nitrogens is 1. The van der Waals surface area contributed by atoms with E-state index in [-0.39, 0.29) is 12.5 Å². The molecule has 0 bridgehead atoms. The van der Waals surface area contributed by atoms with Gasteiger partial charge in [-0.3, -0.25) is 9.78 Å². The Kier molecular flexibility index (Phi) is 5.16. The zero-order valence-corrected chi connectivity index (χ0v) is 13.4. The van der Waals surface area contributed by atoms with Gasteiger partial charge >= 0.3 is 0 Å². The van der Waals surface area contributed by atoms with Crippen LogP contribution in [-0.4, -0.2) is 22.5 Å². The summed E-state index contributed by atoms with van der Waals surface area (Å²) in [6.45, 7) is 3.66. The molecular weight excluding hydrogens is 300 g/mol. The van der Waals surface area contributed by atoms with Crippen LogP contribution in [-0.2, 0) is 12.0 Å². The first-order valence-corrected chi connectivity index (χ1v) is 7.52. The summed E-state index contributed by atoms with van der Waals surface area (Å²) >= 11 is 6.11. The minimum Gasteiger partial charge on any atom is -0.384 e. The van der Waals surface area contributed by atoms with Gasteiger partial charge in [-0.15, -0.1) is 0 Å². The van der Waals surface area contributed by atoms with Crippen molar-refractivity contribution in [2.24, 2.45) is 0 Å². The molecule has 1 aromatic carbocycles. The van der Waals surface area contributed by atoms with Crippen LogP contribution in [0.15, 0.2) is 42.7 Å². The van der Waals surface area contributed by atoms with Crippen LogP contribution in [0.25, 0.3) is 0 Å². The van der Waals surface area contributed by atoms with Gasteiger partial charge in [0.2, 0.25) is 0 Å². The lowest BCUT2D eigenvalue weighted by atomic mass is 9.95. The van der Waals surface area contributed by atoms with Crippen LogP contribution >= 0.6 is 11.6 Å². The maximum Gasteiger partial charge on any atom is 0.251 e. The van der Waals surface area contributed by atoms with E-state index in [2.05, 4.69) is 10.3 Å². The average molecular weight is 319 g/mol. The highest BCUT2D eigenvalue weighted by Gasteiger charge is 2.26. The third-order valence-electron chi connectivity index (χ3n) is 3.58. The van der Waals surface area contributed by atoms with Crippen LogP contribution in [0.1, 0.15) is 35.3 Å². The van der Waals surface area contributed by atoms with Crippen LogP contribution in [0.2, 0.25) is 5.02 Å². The molecule has 1 heterocycles. The molecule has 0 saturated heterocycles. The molecule has 0 saturated carbocycles. The Labute approximate surface area is 135 Å². The van der Waals surface area contributed by atoms with Crippen LogP contribution in [0.4, 0.5) is 0 Å². The van der Waals surface area contributed by atoms with E-state index < -0.39 is 5.60 Å². The summed E-state index contributed by atoms with van der Waals surface area (Å²) < 4.78 is 0. The van der Waals surface area contributed by atoms with Crippen molar-refractivity contribution in [1.29, 1.82) is 0 Å². The first-order valence-electron chi connectivity index (χ1n) is 7.14. The normalized spacial score (nSPS) is 13.5. The van der Waals surface area contributed by atoms with E-state index in [1.54, 1.807) is 49.6 Å². The van der Waals surface area contributed by atoms with Crippen LogP contribution < -0.4 is 5.32 Å². The molecule has 2 rings (SSSR count). The summed E-state index contributed by atoms with van der Waals surface area (Å²) in [5.74, 6) is -0.230. The van der Waals surface area contributed by atoms with E-state index in [0.29, 0.717) is 16.1 Å². The van der Waals surface area contributed by atoms with Crippen molar-refractivity contribution in [3.05, 3.63) is 64.4 Å². The molecule has 0 aliphatic rings. The minimum atomic E-state index is -1.24. The summed E-state index contributed by atoms with van der Waals surface area (Å²) in [5, 5.41) is 13.8. The summed E-state index contributed by atoms with van der Waals surface area (Å²) in [4.78, 5) is 16.3. The molecule has 116 valence electrons. The van der Waals surface area contributed by atoms with Gasteiger partial charge < -0.3 is 10.4 Å². The number of carbonyl (C=O) groups is 1. The first kappa shape index (κ1) is 16.5. The van der Waals surface area contributed by atoms with E-state index in [4.69, 9.17) is 11.6 Å². The predicted molar refractivity (Wildman–Crippen MR) is 87.0 cm³/mol. The van der Waals surface area contributed by atoms with Gasteiger partial charge in [-0.1, -0.05) is 36.7 Å². The Morgan fingerprint density at radius 1 is 1.36 bits per heavy atom. The second-order valence-corrected chi connectivity index (χ2v) is 5.73. The fourth-order valence-electron chi connectivity index (χ4n) is 2.27. The van der Waals surface area contributed by atoms with Crippen LogP contribution in [0, 0.1) is 0 Å². The van der Waals surface area contributed by atoms with Gasteiger partial charge in [0.05, 0.1) is 6.54 Å². The molecule has 0 aliphatic heterocycles. The molecule has 0 spiro atoms. The highest BCUT2D eigenvalue weighted by atomic mass is 35.5. The van der Waals surface area contributed by atoms with E-state index >= 15 is 0 Å². The van der Waals surface area contributed by atoms with Gasteiger partial charge in [-0.05, 0) is 31.0 Å². The maximum absolute atomic E-state index is 12.3. The number of nitrogens with zero attached hydrogens (tertiary/aromatic N) is 1. The molecule has 0 aliphatic carbocycles. The highest BCUT2D eigenvalue weighted by Crippen LogP contribution is 2.27. The molecule has 1 aromatic heterocycles.